The summed E-state index contributed by atoms with van der Waals surface area (Å²) in [7, 11) is -2.75. The molecule has 0 fully saturated rings. The Balaban J connectivity index is 1.67. The number of aryl methyl sites for hydroxylation is 1. The molecule has 2 aromatic carbocycles. The van der Waals surface area contributed by atoms with Crippen LogP contribution in [0.3, 0.4) is 0 Å². The van der Waals surface area contributed by atoms with Crippen molar-refractivity contribution < 1.29 is 22.7 Å². The Bertz CT molecular complexity index is 1310. The first-order valence-electron chi connectivity index (χ1n) is 10.7. The number of thiophene rings is 1. The van der Waals surface area contributed by atoms with Crippen LogP contribution in [0.15, 0.2) is 59.5 Å². The van der Waals surface area contributed by atoms with Gasteiger partial charge in [-0.05, 0) is 67.6 Å². The number of fused-ring (bicyclic) bond motifs is 1. The van der Waals surface area contributed by atoms with Gasteiger partial charge in [-0.1, -0.05) is 29.8 Å². The van der Waals surface area contributed by atoms with Crippen LogP contribution in [-0.4, -0.2) is 33.9 Å². The highest BCUT2D eigenvalue weighted by Gasteiger charge is 2.30. The first-order chi connectivity index (χ1) is 16.3. The van der Waals surface area contributed by atoms with E-state index in [-0.39, 0.29) is 4.90 Å². The van der Waals surface area contributed by atoms with Gasteiger partial charge in [0.15, 0.2) is 0 Å². The Labute approximate surface area is 207 Å². The number of amides is 1. The van der Waals surface area contributed by atoms with Gasteiger partial charge in [0, 0.05) is 9.90 Å². The lowest BCUT2D eigenvalue weighted by atomic mass is 9.95. The summed E-state index contributed by atoms with van der Waals surface area (Å²) in [5.74, 6) is -1.08. The van der Waals surface area contributed by atoms with Gasteiger partial charge in [-0.15, -0.1) is 11.3 Å². The number of carbonyl (C=O) groups excluding carboxylic acids is 2. The maximum absolute atomic E-state index is 13.4. The molecule has 0 atom stereocenters. The standard InChI is InChI=1S/C24H23ClN2O5S2/c1-32-24(29)22-19-9-5-6-10-20(19)33-23(22)26-21(28)15-27(17-13-11-16(25)12-14-17)34(30,31)18-7-3-2-4-8-18/h2-4,7-8,11-14H,5-6,9-10,15H2,1H3,(H,26,28). The Morgan fingerprint density at radius 2 is 1.74 bits per heavy atom. The van der Waals surface area contributed by atoms with Crippen molar-refractivity contribution in [2.24, 2.45) is 0 Å². The van der Waals surface area contributed by atoms with E-state index in [0.29, 0.717) is 21.3 Å². The Hall–Kier alpha value is -2.88. The molecule has 3 aromatic rings. The molecule has 1 heterocycles. The van der Waals surface area contributed by atoms with Crippen molar-refractivity contribution in [3.8, 4) is 0 Å². The van der Waals surface area contributed by atoms with Gasteiger partial charge in [0.1, 0.15) is 11.5 Å². The lowest BCUT2D eigenvalue weighted by molar-refractivity contribution is -0.114. The number of nitrogens with zero attached hydrogens (tertiary/aromatic N) is 1. The van der Waals surface area contributed by atoms with Gasteiger partial charge >= 0.3 is 5.97 Å². The van der Waals surface area contributed by atoms with Crippen molar-refractivity contribution in [2.45, 2.75) is 30.6 Å². The third-order valence-electron chi connectivity index (χ3n) is 5.55. The van der Waals surface area contributed by atoms with Crippen LogP contribution in [0.5, 0.6) is 0 Å². The lowest BCUT2D eigenvalue weighted by Gasteiger charge is -2.24. The normalized spacial score (nSPS) is 13.1. The maximum Gasteiger partial charge on any atom is 0.341 e. The number of benzene rings is 2. The van der Waals surface area contributed by atoms with Crippen molar-refractivity contribution in [2.75, 3.05) is 23.3 Å². The fourth-order valence-corrected chi connectivity index (χ4v) is 6.77. The number of esters is 1. The van der Waals surface area contributed by atoms with Gasteiger partial charge in [0.2, 0.25) is 5.91 Å². The zero-order valence-electron chi connectivity index (χ0n) is 18.4. The fourth-order valence-electron chi connectivity index (χ4n) is 3.91. The molecule has 1 aromatic heterocycles. The summed E-state index contributed by atoms with van der Waals surface area (Å²) in [5, 5.41) is 3.59. The Morgan fingerprint density at radius 3 is 2.41 bits per heavy atom. The van der Waals surface area contributed by atoms with Crippen molar-refractivity contribution in [3.05, 3.63) is 75.6 Å². The van der Waals surface area contributed by atoms with E-state index in [4.69, 9.17) is 16.3 Å². The molecule has 4 rings (SSSR count). The summed E-state index contributed by atoms with van der Waals surface area (Å²) in [6, 6.07) is 14.1. The number of rotatable bonds is 7. The zero-order chi connectivity index (χ0) is 24.3. The summed E-state index contributed by atoms with van der Waals surface area (Å²) in [4.78, 5) is 26.7. The van der Waals surface area contributed by atoms with Crippen LogP contribution in [-0.2, 0) is 32.4 Å². The molecule has 0 radical (unpaired) electrons. The van der Waals surface area contributed by atoms with Crippen molar-refractivity contribution in [3.63, 3.8) is 0 Å². The SMILES string of the molecule is COC(=O)c1c(NC(=O)CN(c2ccc(Cl)cc2)S(=O)(=O)c2ccccc2)sc2c1CCCC2. The Morgan fingerprint density at radius 1 is 1.06 bits per heavy atom. The van der Waals surface area contributed by atoms with Crippen LogP contribution < -0.4 is 9.62 Å². The van der Waals surface area contributed by atoms with E-state index in [1.54, 1.807) is 42.5 Å². The van der Waals surface area contributed by atoms with Gasteiger partial charge < -0.3 is 10.1 Å². The predicted molar refractivity (Wildman–Crippen MR) is 133 cm³/mol. The molecular weight excluding hydrogens is 496 g/mol. The second-order valence-corrected chi connectivity index (χ2v) is 11.2. The van der Waals surface area contributed by atoms with Crippen molar-refractivity contribution >= 4 is 55.5 Å². The van der Waals surface area contributed by atoms with E-state index in [1.807, 2.05) is 0 Å². The molecule has 1 N–H and O–H groups in total. The highest BCUT2D eigenvalue weighted by Crippen LogP contribution is 2.38. The summed E-state index contributed by atoms with van der Waals surface area (Å²) in [6.45, 7) is -0.484. The van der Waals surface area contributed by atoms with Crippen LogP contribution in [0.25, 0.3) is 0 Å². The largest absolute Gasteiger partial charge is 0.465 e. The lowest BCUT2D eigenvalue weighted by Crippen LogP contribution is -2.38. The molecule has 0 unspecified atom stereocenters. The number of anilines is 2. The number of carbonyl (C=O) groups is 2. The summed E-state index contributed by atoms with van der Waals surface area (Å²) in [6.07, 6.45) is 3.55. The van der Waals surface area contributed by atoms with Gasteiger partial charge in [-0.25, -0.2) is 13.2 Å². The molecule has 10 heteroatoms. The van der Waals surface area contributed by atoms with E-state index in [9.17, 15) is 18.0 Å². The number of hydrogen-bond donors (Lipinski definition) is 1. The van der Waals surface area contributed by atoms with Crippen LogP contribution in [0, 0.1) is 0 Å². The second-order valence-electron chi connectivity index (χ2n) is 7.76. The highest BCUT2D eigenvalue weighted by molar-refractivity contribution is 7.92. The third-order valence-corrected chi connectivity index (χ3v) is 8.79. The molecule has 0 spiro atoms. The zero-order valence-corrected chi connectivity index (χ0v) is 20.8. The molecular formula is C24H23ClN2O5S2. The quantitative estimate of drug-likeness (QED) is 0.449. The number of sulfonamides is 1. The Kier molecular flexibility index (Phi) is 7.25. The van der Waals surface area contributed by atoms with Crippen molar-refractivity contribution in [1.29, 1.82) is 0 Å². The van der Waals surface area contributed by atoms with Crippen LogP contribution in [0.4, 0.5) is 10.7 Å². The van der Waals surface area contributed by atoms with Gasteiger partial charge in [-0.2, -0.15) is 0 Å². The first kappa shape index (κ1) is 24.3. The smallest absolute Gasteiger partial charge is 0.341 e. The molecule has 1 aliphatic carbocycles. The monoisotopic (exact) mass is 518 g/mol. The molecule has 1 amide bonds. The van der Waals surface area contributed by atoms with Gasteiger partial charge in [-0.3, -0.25) is 9.10 Å². The van der Waals surface area contributed by atoms with Gasteiger partial charge in [0.05, 0.1) is 23.3 Å². The molecule has 0 saturated heterocycles. The molecule has 0 aliphatic heterocycles. The average molecular weight is 519 g/mol. The molecule has 0 bridgehead atoms. The maximum atomic E-state index is 13.4. The van der Waals surface area contributed by atoms with Crippen molar-refractivity contribution in [1.82, 2.24) is 0 Å². The first-order valence-corrected chi connectivity index (χ1v) is 13.3. The number of ether oxygens (including phenoxy) is 1. The molecule has 178 valence electrons. The van der Waals surface area contributed by atoms with E-state index in [2.05, 4.69) is 5.32 Å². The minimum atomic E-state index is -4.05. The second kappa shape index (κ2) is 10.2. The van der Waals surface area contributed by atoms with E-state index in [0.717, 1.165) is 40.4 Å². The van der Waals surface area contributed by atoms with Gasteiger partial charge in [0.25, 0.3) is 10.0 Å². The van der Waals surface area contributed by atoms with Crippen LogP contribution >= 0.6 is 22.9 Å². The third kappa shape index (κ3) is 4.96. The number of methoxy groups -OCH3 is 1. The molecule has 0 saturated carbocycles. The minimum absolute atomic E-state index is 0.0552. The molecule has 34 heavy (non-hydrogen) atoms. The van der Waals surface area contributed by atoms with E-state index >= 15 is 0 Å². The van der Waals surface area contributed by atoms with E-state index in [1.165, 1.54) is 30.6 Å². The molecule has 7 nitrogen and oxygen atoms in total. The summed E-state index contributed by atoms with van der Waals surface area (Å²) >= 11 is 7.33. The topological polar surface area (TPSA) is 92.8 Å². The van der Waals surface area contributed by atoms with Crippen LogP contribution in [0.1, 0.15) is 33.6 Å². The molecule has 1 aliphatic rings. The number of nitrogens with one attached hydrogen (secondary N) is 1. The average Bonchev–Trinajstić information content (AvgIpc) is 3.21. The minimum Gasteiger partial charge on any atom is -0.465 e. The summed E-state index contributed by atoms with van der Waals surface area (Å²) < 4.78 is 32.8. The number of hydrogen-bond acceptors (Lipinski definition) is 6. The fraction of sp³-hybridized carbons (Fsp3) is 0.250. The van der Waals surface area contributed by atoms with E-state index < -0.39 is 28.4 Å². The van der Waals surface area contributed by atoms with Crippen LogP contribution in [0.2, 0.25) is 5.02 Å². The summed E-state index contributed by atoms with van der Waals surface area (Å²) in [5.41, 5.74) is 1.56. The predicted octanol–water partition coefficient (Wildman–Crippen LogP) is 4.90. The highest BCUT2D eigenvalue weighted by atomic mass is 35.5. The number of halogens is 1.